The number of cyclic esters (lactones) is 1. The Morgan fingerprint density at radius 1 is 1.14 bits per heavy atom. The lowest BCUT2D eigenvalue weighted by atomic mass is 9.84. The molecule has 1 N–H and O–H groups in total. The van der Waals surface area contributed by atoms with E-state index in [0.29, 0.717) is 31.7 Å². The smallest absolute Gasteiger partial charge is 0.414 e. The van der Waals surface area contributed by atoms with Gasteiger partial charge in [-0.1, -0.05) is 36.4 Å². The summed E-state index contributed by atoms with van der Waals surface area (Å²) >= 11 is 0. The number of nitrogens with zero attached hydrogens (tertiary/aromatic N) is 2. The molecule has 1 amide bonds. The van der Waals surface area contributed by atoms with Gasteiger partial charge in [0.25, 0.3) is 0 Å². The standard InChI is InChI=1S/C22H26N2O4/c1-27-19-9-5-8-18(14-19)24-16-20(28-21(24)25)15-23-12-10-22(26,11-13-23)17-6-3-2-4-7-17/h2-9,14,20,26H,10-13,15-16H2,1H3. The van der Waals surface area contributed by atoms with Crippen molar-refractivity contribution in [3.8, 4) is 5.75 Å². The number of rotatable bonds is 5. The minimum absolute atomic E-state index is 0.179. The maximum Gasteiger partial charge on any atom is 0.414 e. The zero-order valence-corrected chi connectivity index (χ0v) is 16.1. The fourth-order valence-electron chi connectivity index (χ4n) is 4.04. The number of anilines is 1. The number of benzene rings is 2. The third-order valence-electron chi connectivity index (χ3n) is 5.70. The summed E-state index contributed by atoms with van der Waals surface area (Å²) in [6.45, 7) is 2.75. The molecule has 2 heterocycles. The Morgan fingerprint density at radius 3 is 2.61 bits per heavy atom. The van der Waals surface area contributed by atoms with Crippen LogP contribution < -0.4 is 9.64 Å². The summed E-state index contributed by atoms with van der Waals surface area (Å²) in [7, 11) is 1.61. The topological polar surface area (TPSA) is 62.2 Å². The van der Waals surface area contributed by atoms with E-state index >= 15 is 0 Å². The maximum atomic E-state index is 12.3. The third-order valence-corrected chi connectivity index (χ3v) is 5.70. The maximum absolute atomic E-state index is 12.3. The minimum Gasteiger partial charge on any atom is -0.497 e. The number of piperidine rings is 1. The molecule has 1 unspecified atom stereocenters. The van der Waals surface area contributed by atoms with Crippen molar-refractivity contribution in [3.05, 3.63) is 60.2 Å². The van der Waals surface area contributed by atoms with Crippen LogP contribution in [0, 0.1) is 0 Å². The Kier molecular flexibility index (Phi) is 5.24. The lowest BCUT2D eigenvalue weighted by Gasteiger charge is -2.39. The summed E-state index contributed by atoms with van der Waals surface area (Å²) < 4.78 is 10.8. The lowest BCUT2D eigenvalue weighted by Crippen LogP contribution is -2.45. The van der Waals surface area contributed by atoms with Crippen molar-refractivity contribution in [1.82, 2.24) is 4.90 Å². The molecule has 2 aromatic rings. The summed E-state index contributed by atoms with van der Waals surface area (Å²) in [4.78, 5) is 16.2. The molecule has 28 heavy (non-hydrogen) atoms. The second-order valence-corrected chi connectivity index (χ2v) is 7.52. The highest BCUT2D eigenvalue weighted by Crippen LogP contribution is 2.33. The first kappa shape index (κ1) is 18.8. The van der Waals surface area contributed by atoms with Gasteiger partial charge in [0.2, 0.25) is 0 Å². The van der Waals surface area contributed by atoms with Crippen LogP contribution in [0.15, 0.2) is 54.6 Å². The molecule has 1 atom stereocenters. The van der Waals surface area contributed by atoms with Crippen LogP contribution in [0.5, 0.6) is 5.75 Å². The van der Waals surface area contributed by atoms with Gasteiger partial charge in [0.15, 0.2) is 0 Å². The van der Waals surface area contributed by atoms with Gasteiger partial charge >= 0.3 is 6.09 Å². The highest BCUT2D eigenvalue weighted by atomic mass is 16.6. The number of aliphatic hydroxyl groups is 1. The molecule has 2 saturated heterocycles. The monoisotopic (exact) mass is 382 g/mol. The number of methoxy groups -OCH3 is 1. The van der Waals surface area contributed by atoms with Crippen LogP contribution in [0.4, 0.5) is 10.5 Å². The predicted molar refractivity (Wildman–Crippen MR) is 107 cm³/mol. The van der Waals surface area contributed by atoms with Gasteiger partial charge in [0, 0.05) is 25.7 Å². The molecular weight excluding hydrogens is 356 g/mol. The number of likely N-dealkylation sites (tertiary alicyclic amines) is 1. The Labute approximate surface area is 165 Å². The molecule has 0 bridgehead atoms. The first-order chi connectivity index (χ1) is 13.6. The predicted octanol–water partition coefficient (Wildman–Crippen LogP) is 3.00. The van der Waals surface area contributed by atoms with E-state index in [1.54, 1.807) is 12.0 Å². The number of ether oxygens (including phenoxy) is 2. The van der Waals surface area contributed by atoms with Crippen molar-refractivity contribution in [2.45, 2.75) is 24.5 Å². The van der Waals surface area contributed by atoms with Crippen LogP contribution >= 0.6 is 0 Å². The number of hydrogen-bond acceptors (Lipinski definition) is 5. The minimum atomic E-state index is -0.767. The quantitative estimate of drug-likeness (QED) is 0.861. The molecule has 2 aliphatic heterocycles. The van der Waals surface area contributed by atoms with Crippen molar-refractivity contribution >= 4 is 11.8 Å². The fourth-order valence-corrected chi connectivity index (χ4v) is 4.04. The fraction of sp³-hybridized carbons (Fsp3) is 0.409. The summed E-state index contributed by atoms with van der Waals surface area (Å²) in [5.74, 6) is 0.713. The van der Waals surface area contributed by atoms with E-state index in [-0.39, 0.29) is 12.2 Å². The molecule has 0 saturated carbocycles. The first-order valence-electron chi connectivity index (χ1n) is 9.70. The van der Waals surface area contributed by atoms with Crippen LogP contribution in [-0.2, 0) is 10.3 Å². The first-order valence-corrected chi connectivity index (χ1v) is 9.70. The summed E-state index contributed by atoms with van der Waals surface area (Å²) in [5.41, 5.74) is 0.992. The van der Waals surface area contributed by atoms with E-state index < -0.39 is 5.60 Å². The van der Waals surface area contributed by atoms with Gasteiger partial charge in [0.05, 0.1) is 24.9 Å². The molecule has 4 rings (SSSR count). The highest BCUT2D eigenvalue weighted by Gasteiger charge is 2.37. The molecule has 0 spiro atoms. The van der Waals surface area contributed by atoms with E-state index in [1.165, 1.54) is 0 Å². The molecule has 148 valence electrons. The average Bonchev–Trinajstić information content (AvgIpc) is 3.10. The molecule has 0 radical (unpaired) electrons. The Bertz CT molecular complexity index is 818. The van der Waals surface area contributed by atoms with Crippen molar-refractivity contribution < 1.29 is 19.4 Å². The summed E-state index contributed by atoms with van der Waals surface area (Å²) in [6, 6.07) is 17.3. The van der Waals surface area contributed by atoms with Gasteiger partial charge in [-0.3, -0.25) is 9.80 Å². The lowest BCUT2D eigenvalue weighted by molar-refractivity contribution is -0.0325. The Morgan fingerprint density at radius 2 is 1.89 bits per heavy atom. The van der Waals surface area contributed by atoms with Crippen LogP contribution in [0.1, 0.15) is 18.4 Å². The van der Waals surface area contributed by atoms with E-state index in [0.717, 1.165) is 24.3 Å². The van der Waals surface area contributed by atoms with Gasteiger partial charge in [-0.25, -0.2) is 4.79 Å². The Hall–Kier alpha value is -2.57. The molecule has 0 aromatic heterocycles. The van der Waals surface area contributed by atoms with Crippen LogP contribution in [-0.4, -0.2) is 55.5 Å². The normalized spacial score (nSPS) is 22.1. The second kappa shape index (κ2) is 7.81. The van der Waals surface area contributed by atoms with Gasteiger partial charge in [0.1, 0.15) is 11.9 Å². The van der Waals surface area contributed by atoms with Crippen molar-refractivity contribution in [2.75, 3.05) is 38.2 Å². The van der Waals surface area contributed by atoms with Crippen LogP contribution in [0.25, 0.3) is 0 Å². The number of hydrogen-bond donors (Lipinski definition) is 1. The molecule has 0 aliphatic carbocycles. The zero-order valence-electron chi connectivity index (χ0n) is 16.1. The summed E-state index contributed by atoms with van der Waals surface area (Å²) in [5, 5.41) is 11.0. The second-order valence-electron chi connectivity index (χ2n) is 7.52. The highest BCUT2D eigenvalue weighted by molar-refractivity contribution is 5.90. The van der Waals surface area contributed by atoms with Gasteiger partial charge in [-0.2, -0.15) is 0 Å². The van der Waals surface area contributed by atoms with Crippen molar-refractivity contribution in [2.24, 2.45) is 0 Å². The van der Waals surface area contributed by atoms with Crippen molar-refractivity contribution in [1.29, 1.82) is 0 Å². The van der Waals surface area contributed by atoms with E-state index in [9.17, 15) is 9.90 Å². The van der Waals surface area contributed by atoms with E-state index in [4.69, 9.17) is 9.47 Å². The third kappa shape index (κ3) is 3.84. The zero-order chi connectivity index (χ0) is 19.6. The average molecular weight is 382 g/mol. The summed E-state index contributed by atoms with van der Waals surface area (Å²) in [6.07, 6.45) is 0.854. The molecule has 6 nitrogen and oxygen atoms in total. The van der Waals surface area contributed by atoms with Gasteiger partial charge < -0.3 is 14.6 Å². The van der Waals surface area contributed by atoms with Crippen LogP contribution in [0.3, 0.4) is 0 Å². The number of amides is 1. The molecule has 6 heteroatoms. The number of carbonyl (C=O) groups excluding carboxylic acids is 1. The molecule has 2 aliphatic rings. The SMILES string of the molecule is COc1cccc(N2CC(CN3CCC(O)(c4ccccc4)CC3)OC2=O)c1. The molecule has 2 aromatic carbocycles. The molecular formula is C22H26N2O4. The van der Waals surface area contributed by atoms with E-state index in [1.807, 2.05) is 54.6 Å². The molecule has 2 fully saturated rings. The van der Waals surface area contributed by atoms with Crippen LogP contribution in [0.2, 0.25) is 0 Å². The number of carbonyl (C=O) groups is 1. The van der Waals surface area contributed by atoms with Gasteiger partial charge in [-0.15, -0.1) is 0 Å². The largest absolute Gasteiger partial charge is 0.497 e. The van der Waals surface area contributed by atoms with Crippen molar-refractivity contribution in [3.63, 3.8) is 0 Å². The Balaban J connectivity index is 1.34. The van der Waals surface area contributed by atoms with E-state index in [2.05, 4.69) is 4.90 Å². The van der Waals surface area contributed by atoms with Gasteiger partial charge in [-0.05, 0) is 30.5 Å².